The van der Waals surface area contributed by atoms with Crippen LogP contribution in [-0.4, -0.2) is 71.0 Å². The minimum absolute atomic E-state index is 0.0703. The zero-order chi connectivity index (χ0) is 21.3. The van der Waals surface area contributed by atoms with Crippen LogP contribution in [0.5, 0.6) is 0 Å². The van der Waals surface area contributed by atoms with Gasteiger partial charge >= 0.3 is 11.9 Å². The topological polar surface area (TPSA) is 149 Å². The van der Waals surface area contributed by atoms with Crippen LogP contribution in [0.2, 0.25) is 5.15 Å². The summed E-state index contributed by atoms with van der Waals surface area (Å²) in [5.41, 5.74) is 0.267. The van der Waals surface area contributed by atoms with Gasteiger partial charge in [-0.1, -0.05) is 11.6 Å². The maximum atomic E-state index is 11.8. The van der Waals surface area contributed by atoms with E-state index in [1.54, 1.807) is 0 Å². The van der Waals surface area contributed by atoms with Gasteiger partial charge in [-0.05, 0) is 0 Å². The van der Waals surface area contributed by atoms with E-state index in [1.165, 1.54) is 24.1 Å². The molecule has 0 N–H and O–H groups in total. The van der Waals surface area contributed by atoms with Crippen LogP contribution in [0.25, 0.3) is 11.5 Å². The van der Waals surface area contributed by atoms with E-state index in [4.69, 9.17) is 30.0 Å². The van der Waals surface area contributed by atoms with Gasteiger partial charge in [-0.3, -0.25) is 18.3 Å². The lowest BCUT2D eigenvalue weighted by molar-refractivity contribution is -0.155. The molecule has 1 saturated heterocycles. The zero-order valence-electron chi connectivity index (χ0n) is 15.5. The summed E-state index contributed by atoms with van der Waals surface area (Å²) in [6, 6.07) is 0. The molecule has 3 heterocycles. The Bertz CT molecular complexity index is 996. The van der Waals surface area contributed by atoms with E-state index in [0.717, 1.165) is 13.2 Å². The number of fused-ring (bicyclic) bond motifs is 1. The highest BCUT2D eigenvalue weighted by molar-refractivity contribution is 7.86. The molecule has 3 aliphatic rings. The number of imidazole rings is 1. The summed E-state index contributed by atoms with van der Waals surface area (Å²) in [4.78, 5) is 34.9. The third-order valence-electron chi connectivity index (χ3n) is 3.90. The zero-order valence-corrected chi connectivity index (χ0v) is 17.1. The molecule has 3 rings (SSSR count). The minimum atomic E-state index is -3.98. The number of carbonyl (C=O) groups excluding carboxylic acids is 2. The molecule has 1 fully saturated rings. The van der Waals surface area contributed by atoms with Gasteiger partial charge in [0.25, 0.3) is 10.1 Å². The van der Waals surface area contributed by atoms with Crippen molar-refractivity contribution >= 4 is 33.7 Å². The van der Waals surface area contributed by atoms with E-state index in [-0.39, 0.29) is 23.3 Å². The monoisotopic (exact) mass is 448 g/mol. The lowest BCUT2D eigenvalue weighted by Crippen LogP contribution is -2.40. The van der Waals surface area contributed by atoms with E-state index >= 15 is 0 Å². The van der Waals surface area contributed by atoms with Crippen LogP contribution in [0, 0.1) is 0 Å². The lowest BCUT2D eigenvalue weighted by Gasteiger charge is -2.24. The Morgan fingerprint density at radius 3 is 2.55 bits per heavy atom. The van der Waals surface area contributed by atoms with Crippen LogP contribution in [0.1, 0.15) is 20.1 Å². The predicted octanol–water partition coefficient (Wildman–Crippen LogP) is 0.168. The molecular formula is C15H17ClN4O8S. The summed E-state index contributed by atoms with van der Waals surface area (Å²) in [5.74, 6) is -1.04. The number of hydrogen-bond donors (Lipinski definition) is 0. The first-order valence-electron chi connectivity index (χ1n) is 8.24. The van der Waals surface area contributed by atoms with Gasteiger partial charge in [0.15, 0.2) is 18.2 Å². The molecule has 0 aliphatic carbocycles. The third kappa shape index (κ3) is 4.80. The molecule has 0 aromatic rings. The normalized spacial score (nSPS) is 24.6. The Morgan fingerprint density at radius 2 is 1.93 bits per heavy atom. The van der Waals surface area contributed by atoms with Gasteiger partial charge in [-0.2, -0.15) is 8.42 Å². The van der Waals surface area contributed by atoms with Crippen LogP contribution >= 0.6 is 11.6 Å². The number of carbonyl (C=O) groups is 2. The third-order valence-corrected chi connectivity index (χ3v) is 4.85. The maximum absolute atomic E-state index is 11.8. The molecule has 3 aliphatic heterocycles. The van der Waals surface area contributed by atoms with Gasteiger partial charge in [-0.25, -0.2) is 15.0 Å². The maximum Gasteiger partial charge on any atom is 0.303 e. The van der Waals surface area contributed by atoms with Crippen molar-refractivity contribution in [2.24, 2.45) is 0 Å². The second kappa shape index (κ2) is 8.18. The molecule has 158 valence electrons. The molecule has 0 spiro atoms. The first-order chi connectivity index (χ1) is 13.6. The molecule has 12 nitrogen and oxygen atoms in total. The van der Waals surface area contributed by atoms with Gasteiger partial charge in [0.05, 0.1) is 6.26 Å². The number of esters is 2. The minimum Gasteiger partial charge on any atom is -0.463 e. The quantitative estimate of drug-likeness (QED) is 0.338. The summed E-state index contributed by atoms with van der Waals surface area (Å²) in [6.45, 7) is 1.98. The summed E-state index contributed by atoms with van der Waals surface area (Å²) < 4.78 is 46.0. The highest BCUT2D eigenvalue weighted by Crippen LogP contribution is 2.38. The van der Waals surface area contributed by atoms with Crippen molar-refractivity contribution < 1.29 is 36.4 Å². The van der Waals surface area contributed by atoms with E-state index in [2.05, 4.69) is 15.0 Å². The fraction of sp³-hybridized carbons (Fsp3) is 0.533. The number of aromatic nitrogens is 4. The summed E-state index contributed by atoms with van der Waals surface area (Å²) in [5, 5.41) is 0.0703. The van der Waals surface area contributed by atoms with E-state index in [9.17, 15) is 18.0 Å². The van der Waals surface area contributed by atoms with Crippen molar-refractivity contribution in [3.8, 4) is 11.5 Å². The van der Waals surface area contributed by atoms with Crippen molar-refractivity contribution in [2.45, 2.75) is 38.4 Å². The number of halogens is 1. The van der Waals surface area contributed by atoms with Gasteiger partial charge < -0.3 is 14.2 Å². The van der Waals surface area contributed by atoms with Crippen molar-refractivity contribution in [3.05, 3.63) is 17.8 Å². The Labute approximate surface area is 170 Å². The Kier molecular flexibility index (Phi) is 6.03. The molecule has 4 atom stereocenters. The molecule has 0 saturated carbocycles. The SMILES string of the molecule is CC(=O)OC[C@H]1O[C@@H](n2cnc3ncnc-3c2Cl)[C@H](OC(C)=O)[C@H]1OS(C)(=O)=O. The number of rotatable bonds is 6. The first-order valence-corrected chi connectivity index (χ1v) is 10.4. The molecule has 0 amide bonds. The fourth-order valence-electron chi connectivity index (χ4n) is 2.87. The average molecular weight is 449 g/mol. The van der Waals surface area contributed by atoms with E-state index in [1.807, 2.05) is 0 Å². The molecule has 0 radical (unpaired) electrons. The van der Waals surface area contributed by atoms with E-state index < -0.39 is 46.6 Å². The van der Waals surface area contributed by atoms with Gasteiger partial charge in [0, 0.05) is 13.8 Å². The molecule has 0 aromatic carbocycles. The van der Waals surface area contributed by atoms with Gasteiger partial charge in [0.1, 0.15) is 42.3 Å². The summed E-state index contributed by atoms with van der Waals surface area (Å²) in [6.07, 6.45) is -1.37. The number of ether oxygens (including phenoxy) is 3. The Hall–Kier alpha value is -2.35. The average Bonchev–Trinajstić information content (AvgIpc) is 3.19. The molecular weight excluding hydrogens is 432 g/mol. The van der Waals surface area contributed by atoms with E-state index in [0.29, 0.717) is 0 Å². The molecule has 0 bridgehead atoms. The summed E-state index contributed by atoms with van der Waals surface area (Å²) in [7, 11) is -3.98. The number of hydrogen-bond acceptors (Lipinski definition) is 11. The molecule has 0 unspecified atom stereocenters. The Balaban J connectivity index is 2.03. The highest BCUT2D eigenvalue weighted by Gasteiger charge is 2.51. The number of nitrogens with zero attached hydrogens (tertiary/aromatic N) is 4. The smallest absolute Gasteiger partial charge is 0.303 e. The highest BCUT2D eigenvalue weighted by atomic mass is 35.5. The Morgan fingerprint density at radius 1 is 1.21 bits per heavy atom. The predicted molar refractivity (Wildman–Crippen MR) is 95.3 cm³/mol. The van der Waals surface area contributed by atoms with Crippen molar-refractivity contribution in [1.29, 1.82) is 0 Å². The van der Waals surface area contributed by atoms with Gasteiger partial charge in [0.2, 0.25) is 0 Å². The van der Waals surface area contributed by atoms with Crippen LogP contribution in [0.4, 0.5) is 0 Å². The van der Waals surface area contributed by atoms with Crippen molar-refractivity contribution in [1.82, 2.24) is 19.5 Å². The first kappa shape index (κ1) is 21.4. The summed E-state index contributed by atoms with van der Waals surface area (Å²) >= 11 is 6.38. The largest absolute Gasteiger partial charge is 0.463 e. The standard InChI is InChI=1S/C15H17ClN4O8S/c1-7(21)25-4-9-11(28-29(3,23)24)12(26-8(2)22)15(27-9)20-6-19-14-10(13(20)16)17-5-18-14/h5-6,9,11-12,15H,4H2,1-3H3/t9-,11+,12-,15-/m1/s1. The second-order valence-electron chi connectivity index (χ2n) is 6.20. The van der Waals surface area contributed by atoms with Crippen LogP contribution in [-0.2, 0) is 38.1 Å². The lowest BCUT2D eigenvalue weighted by atomic mass is 10.1. The molecule has 29 heavy (non-hydrogen) atoms. The van der Waals surface area contributed by atoms with Gasteiger partial charge in [-0.15, -0.1) is 0 Å². The molecule has 0 aromatic heterocycles. The van der Waals surface area contributed by atoms with Crippen LogP contribution in [0.3, 0.4) is 0 Å². The van der Waals surface area contributed by atoms with Crippen LogP contribution in [0.15, 0.2) is 12.7 Å². The fourth-order valence-corrected chi connectivity index (χ4v) is 3.78. The van der Waals surface area contributed by atoms with Crippen LogP contribution < -0.4 is 0 Å². The second-order valence-corrected chi connectivity index (χ2v) is 8.15. The van der Waals surface area contributed by atoms with Crippen molar-refractivity contribution in [3.63, 3.8) is 0 Å². The molecule has 14 heteroatoms. The van der Waals surface area contributed by atoms with Crippen molar-refractivity contribution in [2.75, 3.05) is 12.9 Å².